The summed E-state index contributed by atoms with van der Waals surface area (Å²) in [6, 6.07) is -0.759. The highest BCUT2D eigenvalue weighted by molar-refractivity contribution is 5.81. The highest BCUT2D eigenvalue weighted by Crippen LogP contribution is 2.00. The molecule has 2 N–H and O–H groups in total. The first kappa shape index (κ1) is 13.2. The summed E-state index contributed by atoms with van der Waals surface area (Å²) in [5.74, 6) is -0.484. The first-order valence-corrected chi connectivity index (χ1v) is 4.30. The number of rotatable bonds is 6. The number of hydrogen-bond acceptors (Lipinski definition) is 3. The van der Waals surface area contributed by atoms with Gasteiger partial charge in [0.25, 0.3) is 6.43 Å². The lowest BCUT2D eigenvalue weighted by Crippen LogP contribution is -2.45. The van der Waals surface area contributed by atoms with Crippen molar-refractivity contribution < 1.29 is 18.3 Å². The average molecular weight is 210 g/mol. The van der Waals surface area contributed by atoms with Gasteiger partial charge in [-0.15, -0.1) is 0 Å². The van der Waals surface area contributed by atoms with Crippen LogP contribution >= 0.6 is 0 Å². The van der Waals surface area contributed by atoms with Crippen molar-refractivity contribution in [2.45, 2.75) is 19.4 Å². The number of carbonyl (C=O) groups excluding carboxylic acids is 1. The highest BCUT2D eigenvalue weighted by Gasteiger charge is 2.20. The van der Waals surface area contributed by atoms with E-state index in [1.54, 1.807) is 0 Å². The fourth-order valence-electron chi connectivity index (χ4n) is 0.948. The van der Waals surface area contributed by atoms with Crippen molar-refractivity contribution in [2.24, 2.45) is 5.73 Å². The minimum Gasteiger partial charge on any atom is -0.383 e. The molecular weight excluding hydrogens is 194 g/mol. The predicted molar refractivity (Wildman–Crippen MR) is 48.1 cm³/mol. The molecule has 0 saturated heterocycles. The molecule has 0 heterocycles. The van der Waals surface area contributed by atoms with Gasteiger partial charge in [0.15, 0.2) is 0 Å². The quantitative estimate of drug-likeness (QED) is 0.675. The van der Waals surface area contributed by atoms with Crippen molar-refractivity contribution in [3.8, 4) is 0 Å². The molecular formula is C8H16F2N2O2. The standard InChI is InChI=1S/C8H16F2N2O2/c1-6(11)8(13)12(3-4-14-2)5-7(9)10/h6-7H,3-5,11H2,1-2H3. The van der Waals surface area contributed by atoms with E-state index in [2.05, 4.69) is 0 Å². The number of hydrogen-bond donors (Lipinski definition) is 1. The van der Waals surface area contributed by atoms with Gasteiger partial charge in [-0.25, -0.2) is 8.78 Å². The van der Waals surface area contributed by atoms with Crippen LogP contribution in [-0.4, -0.2) is 50.1 Å². The summed E-state index contributed by atoms with van der Waals surface area (Å²) in [6.07, 6.45) is -2.55. The molecule has 0 aliphatic rings. The Morgan fingerprint density at radius 1 is 1.57 bits per heavy atom. The van der Waals surface area contributed by atoms with Gasteiger partial charge in [-0.3, -0.25) is 4.79 Å². The topological polar surface area (TPSA) is 55.6 Å². The van der Waals surface area contributed by atoms with E-state index in [0.29, 0.717) is 0 Å². The molecule has 0 radical (unpaired) electrons. The summed E-state index contributed by atoms with van der Waals surface area (Å²) in [5, 5.41) is 0. The summed E-state index contributed by atoms with van der Waals surface area (Å²) < 4.78 is 28.8. The Morgan fingerprint density at radius 2 is 2.14 bits per heavy atom. The number of nitrogens with zero attached hydrogens (tertiary/aromatic N) is 1. The van der Waals surface area contributed by atoms with Crippen molar-refractivity contribution in [1.29, 1.82) is 0 Å². The van der Waals surface area contributed by atoms with Gasteiger partial charge in [-0.05, 0) is 6.92 Å². The Morgan fingerprint density at radius 3 is 2.50 bits per heavy atom. The maximum absolute atomic E-state index is 12.1. The van der Waals surface area contributed by atoms with Gasteiger partial charge in [0.05, 0.1) is 19.2 Å². The summed E-state index contributed by atoms with van der Waals surface area (Å²) in [5.41, 5.74) is 5.31. The van der Waals surface area contributed by atoms with Crippen LogP contribution in [0.2, 0.25) is 0 Å². The summed E-state index contributed by atoms with van der Waals surface area (Å²) in [6.45, 7) is 1.24. The second-order valence-electron chi connectivity index (χ2n) is 2.96. The second kappa shape index (κ2) is 6.67. The van der Waals surface area contributed by atoms with Gasteiger partial charge >= 0.3 is 0 Å². The minimum atomic E-state index is -2.55. The summed E-state index contributed by atoms with van der Waals surface area (Å²) in [4.78, 5) is 12.3. The molecule has 1 atom stereocenters. The van der Waals surface area contributed by atoms with E-state index in [4.69, 9.17) is 10.5 Å². The monoisotopic (exact) mass is 210 g/mol. The Kier molecular flexibility index (Phi) is 6.31. The van der Waals surface area contributed by atoms with Crippen LogP contribution in [0, 0.1) is 0 Å². The molecule has 0 rings (SSSR count). The maximum Gasteiger partial charge on any atom is 0.255 e. The largest absolute Gasteiger partial charge is 0.383 e. The van der Waals surface area contributed by atoms with Crippen LogP contribution in [0.1, 0.15) is 6.92 Å². The molecule has 6 heteroatoms. The lowest BCUT2D eigenvalue weighted by Gasteiger charge is -2.23. The van der Waals surface area contributed by atoms with Crippen LogP contribution in [0.4, 0.5) is 8.78 Å². The van der Waals surface area contributed by atoms with Crippen molar-refractivity contribution in [1.82, 2.24) is 4.90 Å². The number of methoxy groups -OCH3 is 1. The third kappa shape index (κ3) is 5.08. The van der Waals surface area contributed by atoms with Gasteiger partial charge in [-0.1, -0.05) is 0 Å². The molecule has 1 amide bonds. The van der Waals surface area contributed by atoms with E-state index < -0.39 is 24.9 Å². The maximum atomic E-state index is 12.1. The molecule has 0 aromatic rings. The molecule has 0 aromatic heterocycles. The number of nitrogens with two attached hydrogens (primary N) is 1. The molecule has 0 aliphatic carbocycles. The van der Waals surface area contributed by atoms with Crippen LogP contribution in [-0.2, 0) is 9.53 Å². The number of ether oxygens (including phenoxy) is 1. The zero-order chi connectivity index (χ0) is 11.1. The number of amides is 1. The zero-order valence-electron chi connectivity index (χ0n) is 8.37. The third-order valence-corrected chi connectivity index (χ3v) is 1.62. The van der Waals surface area contributed by atoms with Crippen LogP contribution in [0.5, 0.6) is 0 Å². The number of halogens is 2. The summed E-state index contributed by atoms with van der Waals surface area (Å²) >= 11 is 0. The first-order valence-electron chi connectivity index (χ1n) is 4.30. The molecule has 84 valence electrons. The lowest BCUT2D eigenvalue weighted by molar-refractivity contribution is -0.134. The molecule has 0 bridgehead atoms. The fourth-order valence-corrected chi connectivity index (χ4v) is 0.948. The highest BCUT2D eigenvalue weighted by atomic mass is 19.3. The molecule has 0 fully saturated rings. The molecule has 0 aliphatic heterocycles. The second-order valence-corrected chi connectivity index (χ2v) is 2.96. The Balaban J connectivity index is 4.15. The Bertz CT molecular complexity index is 177. The average Bonchev–Trinajstić information content (AvgIpc) is 2.10. The van der Waals surface area contributed by atoms with E-state index in [0.717, 1.165) is 4.90 Å². The van der Waals surface area contributed by atoms with E-state index in [1.807, 2.05) is 0 Å². The fraction of sp³-hybridized carbons (Fsp3) is 0.875. The molecule has 4 nitrogen and oxygen atoms in total. The molecule has 1 unspecified atom stereocenters. The first-order chi connectivity index (χ1) is 6.49. The Hall–Kier alpha value is -0.750. The predicted octanol–water partition coefficient (Wildman–Crippen LogP) is 0.0737. The third-order valence-electron chi connectivity index (χ3n) is 1.62. The van der Waals surface area contributed by atoms with Crippen LogP contribution < -0.4 is 5.73 Å². The molecule has 0 aromatic carbocycles. The van der Waals surface area contributed by atoms with Gasteiger partial charge in [0.2, 0.25) is 5.91 Å². The summed E-state index contributed by atoms with van der Waals surface area (Å²) in [7, 11) is 1.44. The smallest absolute Gasteiger partial charge is 0.255 e. The van der Waals surface area contributed by atoms with Gasteiger partial charge in [0.1, 0.15) is 0 Å². The van der Waals surface area contributed by atoms with E-state index in [1.165, 1.54) is 14.0 Å². The van der Waals surface area contributed by atoms with Crippen LogP contribution in [0.3, 0.4) is 0 Å². The molecule has 0 spiro atoms. The van der Waals surface area contributed by atoms with Crippen molar-refractivity contribution >= 4 is 5.91 Å². The Labute approximate surface area is 82.0 Å². The minimum absolute atomic E-state index is 0.140. The zero-order valence-corrected chi connectivity index (χ0v) is 8.37. The van der Waals surface area contributed by atoms with E-state index in [-0.39, 0.29) is 13.2 Å². The van der Waals surface area contributed by atoms with E-state index in [9.17, 15) is 13.6 Å². The lowest BCUT2D eigenvalue weighted by atomic mass is 10.3. The van der Waals surface area contributed by atoms with Gasteiger partial charge < -0.3 is 15.4 Å². The molecule has 14 heavy (non-hydrogen) atoms. The normalized spacial score (nSPS) is 13.0. The van der Waals surface area contributed by atoms with Gasteiger partial charge in [0, 0.05) is 13.7 Å². The van der Waals surface area contributed by atoms with Crippen molar-refractivity contribution in [2.75, 3.05) is 26.8 Å². The van der Waals surface area contributed by atoms with Crippen LogP contribution in [0.15, 0.2) is 0 Å². The number of alkyl halides is 2. The van der Waals surface area contributed by atoms with Gasteiger partial charge in [-0.2, -0.15) is 0 Å². The van der Waals surface area contributed by atoms with Crippen molar-refractivity contribution in [3.63, 3.8) is 0 Å². The van der Waals surface area contributed by atoms with E-state index >= 15 is 0 Å². The SMILES string of the molecule is COCCN(CC(F)F)C(=O)C(C)N. The molecule has 0 saturated carbocycles. The van der Waals surface area contributed by atoms with Crippen LogP contribution in [0.25, 0.3) is 0 Å². The number of carbonyl (C=O) groups is 1. The van der Waals surface area contributed by atoms with Crippen molar-refractivity contribution in [3.05, 3.63) is 0 Å².